The van der Waals surface area contributed by atoms with Crippen LogP contribution in [0.2, 0.25) is 0 Å². The fourth-order valence-electron chi connectivity index (χ4n) is 2.18. The average molecular weight is 358 g/mol. The molecule has 0 aromatic heterocycles. The van der Waals surface area contributed by atoms with Crippen LogP contribution in [0.25, 0.3) is 0 Å². The van der Waals surface area contributed by atoms with Gasteiger partial charge in [-0.1, -0.05) is 38.5 Å². The van der Waals surface area contributed by atoms with Crippen molar-refractivity contribution in [3.05, 3.63) is 0 Å². The lowest BCUT2D eigenvalue weighted by Crippen LogP contribution is -2.24. The van der Waals surface area contributed by atoms with Crippen molar-refractivity contribution < 1.29 is 29.0 Å². The van der Waals surface area contributed by atoms with E-state index in [1.165, 1.54) is 0 Å². The Morgan fingerprint density at radius 3 is 1.64 bits per heavy atom. The van der Waals surface area contributed by atoms with Crippen molar-refractivity contribution in [1.29, 1.82) is 0 Å². The molecule has 1 N–H and O–H groups in total. The average Bonchev–Trinajstić information content (AvgIpc) is 2.51. The van der Waals surface area contributed by atoms with Crippen LogP contribution in [0, 0.1) is 5.41 Å². The molecule has 0 unspecified atom stereocenters. The van der Waals surface area contributed by atoms with Crippen molar-refractivity contribution in [3.63, 3.8) is 0 Å². The van der Waals surface area contributed by atoms with Crippen molar-refractivity contribution in [3.8, 4) is 0 Å². The van der Waals surface area contributed by atoms with E-state index < -0.39 is 11.4 Å². The highest BCUT2D eigenvalue weighted by Gasteiger charge is 2.22. The Kier molecular flexibility index (Phi) is 12.8. The van der Waals surface area contributed by atoms with E-state index in [1.807, 2.05) is 0 Å². The number of carboxylic acids is 1. The molecule has 6 heteroatoms. The second-order valence-corrected chi connectivity index (χ2v) is 7.33. The first-order valence-electron chi connectivity index (χ1n) is 9.28. The summed E-state index contributed by atoms with van der Waals surface area (Å²) in [6.07, 6.45) is 8.56. The van der Waals surface area contributed by atoms with Crippen LogP contribution >= 0.6 is 0 Å². The Morgan fingerprint density at radius 2 is 1.16 bits per heavy atom. The molecule has 0 spiro atoms. The fraction of sp³-hybridized carbons (Fsp3) is 0.842. The van der Waals surface area contributed by atoms with Gasteiger partial charge in [0.15, 0.2) is 0 Å². The molecule has 0 amide bonds. The lowest BCUT2D eigenvalue weighted by molar-refractivity contribution is -0.158. The smallest absolute Gasteiger partial charge is 0.311 e. The molecule has 0 aromatic rings. The van der Waals surface area contributed by atoms with E-state index in [-0.39, 0.29) is 31.6 Å². The molecule has 0 aromatic carbocycles. The molecule has 0 rings (SSSR count). The van der Waals surface area contributed by atoms with E-state index in [9.17, 15) is 14.4 Å². The van der Waals surface area contributed by atoms with Crippen LogP contribution in [-0.2, 0) is 23.9 Å². The van der Waals surface area contributed by atoms with Crippen LogP contribution < -0.4 is 0 Å². The van der Waals surface area contributed by atoms with E-state index in [4.69, 9.17) is 14.6 Å². The molecule has 0 bridgehead atoms. The maximum atomic E-state index is 11.5. The van der Waals surface area contributed by atoms with Crippen molar-refractivity contribution in [2.45, 2.75) is 85.0 Å². The van der Waals surface area contributed by atoms with Crippen LogP contribution in [0.1, 0.15) is 85.0 Å². The van der Waals surface area contributed by atoms with Gasteiger partial charge < -0.3 is 14.6 Å². The molecule has 25 heavy (non-hydrogen) atoms. The van der Waals surface area contributed by atoms with Crippen molar-refractivity contribution in [2.75, 3.05) is 13.2 Å². The number of aliphatic carboxylic acids is 1. The Balaban J connectivity index is 3.36. The zero-order valence-electron chi connectivity index (χ0n) is 16.0. The molecule has 0 fully saturated rings. The molecule has 146 valence electrons. The van der Waals surface area contributed by atoms with Gasteiger partial charge in [0.25, 0.3) is 0 Å². The monoisotopic (exact) mass is 358 g/mol. The number of carboxylic acid groups (broad SMARTS) is 1. The summed E-state index contributed by atoms with van der Waals surface area (Å²) in [6.45, 7) is 5.53. The van der Waals surface area contributed by atoms with Gasteiger partial charge in [-0.3, -0.25) is 14.4 Å². The first-order valence-corrected chi connectivity index (χ1v) is 9.28. The van der Waals surface area contributed by atoms with Crippen molar-refractivity contribution in [2.24, 2.45) is 5.41 Å². The summed E-state index contributed by atoms with van der Waals surface area (Å²) in [7, 11) is 0. The molecular weight excluding hydrogens is 324 g/mol. The van der Waals surface area contributed by atoms with Gasteiger partial charge >= 0.3 is 17.9 Å². The second kappa shape index (κ2) is 13.7. The summed E-state index contributed by atoms with van der Waals surface area (Å²) in [5.41, 5.74) is -0.541. The number of hydrogen-bond acceptors (Lipinski definition) is 5. The zero-order valence-corrected chi connectivity index (χ0v) is 16.0. The number of rotatable bonds is 14. The number of esters is 2. The van der Waals surface area contributed by atoms with Gasteiger partial charge in [0.2, 0.25) is 0 Å². The highest BCUT2D eigenvalue weighted by molar-refractivity contribution is 5.75. The summed E-state index contributed by atoms with van der Waals surface area (Å²) in [4.78, 5) is 33.4. The van der Waals surface area contributed by atoms with Crippen LogP contribution in [0.4, 0.5) is 0 Å². The van der Waals surface area contributed by atoms with Gasteiger partial charge in [-0.2, -0.15) is 0 Å². The molecule has 0 heterocycles. The molecular formula is C19H34O6. The van der Waals surface area contributed by atoms with Gasteiger partial charge in [-0.05, 0) is 33.6 Å². The maximum Gasteiger partial charge on any atom is 0.311 e. The number of hydrogen-bond donors (Lipinski definition) is 1. The third-order valence-electron chi connectivity index (χ3n) is 3.71. The minimum atomic E-state index is -0.723. The topological polar surface area (TPSA) is 89.9 Å². The van der Waals surface area contributed by atoms with Gasteiger partial charge in [0, 0.05) is 12.8 Å². The summed E-state index contributed by atoms with van der Waals surface area (Å²) in [5.74, 6) is -1.27. The summed E-state index contributed by atoms with van der Waals surface area (Å²) < 4.78 is 10.1. The zero-order chi connectivity index (χ0) is 19.1. The highest BCUT2D eigenvalue weighted by atomic mass is 16.6. The fourth-order valence-corrected chi connectivity index (χ4v) is 2.18. The summed E-state index contributed by atoms with van der Waals surface area (Å²) in [6, 6.07) is 0. The third kappa shape index (κ3) is 15.7. The molecule has 0 aliphatic rings. The standard InChI is InChI=1S/C19H34O6/c1-19(2,3)18(23)25-15-14-24-17(22)13-11-9-7-5-4-6-8-10-12-16(20)21/h4-15H2,1-3H3,(H,20,21). The SMILES string of the molecule is CC(C)(C)C(=O)OCCOC(=O)CCCCCCCCCCC(=O)O. The maximum absolute atomic E-state index is 11.5. The Hall–Kier alpha value is -1.59. The summed E-state index contributed by atoms with van der Waals surface area (Å²) >= 11 is 0. The number of ether oxygens (including phenoxy) is 2. The van der Waals surface area contributed by atoms with E-state index in [0.717, 1.165) is 51.4 Å². The van der Waals surface area contributed by atoms with Crippen LogP contribution in [0.15, 0.2) is 0 Å². The van der Waals surface area contributed by atoms with Crippen LogP contribution in [-0.4, -0.2) is 36.2 Å². The quantitative estimate of drug-likeness (QED) is 0.371. The second-order valence-electron chi connectivity index (χ2n) is 7.33. The van der Waals surface area contributed by atoms with Crippen LogP contribution in [0.5, 0.6) is 0 Å². The molecule has 6 nitrogen and oxygen atoms in total. The van der Waals surface area contributed by atoms with Gasteiger partial charge in [-0.15, -0.1) is 0 Å². The van der Waals surface area contributed by atoms with Gasteiger partial charge in [0.05, 0.1) is 5.41 Å². The van der Waals surface area contributed by atoms with E-state index in [1.54, 1.807) is 20.8 Å². The molecule has 0 saturated carbocycles. The van der Waals surface area contributed by atoms with Gasteiger partial charge in [0.1, 0.15) is 13.2 Å². The Labute approximate surface area is 151 Å². The van der Waals surface area contributed by atoms with E-state index in [2.05, 4.69) is 0 Å². The predicted molar refractivity (Wildman–Crippen MR) is 95.2 cm³/mol. The van der Waals surface area contributed by atoms with Gasteiger partial charge in [-0.25, -0.2) is 0 Å². The lowest BCUT2D eigenvalue weighted by atomic mass is 9.97. The molecule has 0 aliphatic heterocycles. The number of carbonyl (C=O) groups excluding carboxylic acids is 2. The Bertz CT molecular complexity index is 397. The lowest BCUT2D eigenvalue weighted by Gasteiger charge is -2.16. The highest BCUT2D eigenvalue weighted by Crippen LogP contribution is 2.15. The summed E-state index contributed by atoms with van der Waals surface area (Å²) in [5, 5.41) is 8.52. The predicted octanol–water partition coefficient (Wildman–Crippen LogP) is 4.10. The van der Waals surface area contributed by atoms with Crippen molar-refractivity contribution >= 4 is 17.9 Å². The normalized spacial score (nSPS) is 11.2. The Morgan fingerprint density at radius 1 is 0.720 bits per heavy atom. The first kappa shape index (κ1) is 23.4. The van der Waals surface area contributed by atoms with Crippen LogP contribution in [0.3, 0.4) is 0 Å². The molecule has 0 radical (unpaired) electrons. The molecule has 0 saturated heterocycles. The number of carbonyl (C=O) groups is 3. The molecule has 0 aliphatic carbocycles. The van der Waals surface area contributed by atoms with E-state index in [0.29, 0.717) is 6.42 Å². The van der Waals surface area contributed by atoms with Crippen molar-refractivity contribution in [1.82, 2.24) is 0 Å². The largest absolute Gasteiger partial charge is 0.481 e. The minimum Gasteiger partial charge on any atom is -0.481 e. The van der Waals surface area contributed by atoms with E-state index >= 15 is 0 Å². The first-order chi connectivity index (χ1) is 11.7. The third-order valence-corrected chi connectivity index (χ3v) is 3.71. The number of unbranched alkanes of at least 4 members (excludes halogenated alkanes) is 7. The minimum absolute atomic E-state index is 0.101. The molecule has 0 atom stereocenters.